The van der Waals surface area contributed by atoms with E-state index in [9.17, 15) is 9.18 Å². The van der Waals surface area contributed by atoms with Crippen molar-refractivity contribution in [3.63, 3.8) is 0 Å². The minimum absolute atomic E-state index is 0.314. The van der Waals surface area contributed by atoms with Crippen LogP contribution in [0.3, 0.4) is 0 Å². The fraction of sp³-hybridized carbons (Fsp3) is 0.259. The van der Waals surface area contributed by atoms with Crippen LogP contribution in [0.5, 0.6) is 0 Å². The number of nitrogens with zero attached hydrogens (tertiary/aromatic N) is 4. The van der Waals surface area contributed by atoms with E-state index in [0.717, 1.165) is 27.6 Å². The number of rotatable bonds is 7. The number of morpholine rings is 1. The minimum atomic E-state index is -0.408. The first-order valence-corrected chi connectivity index (χ1v) is 12.8. The normalized spacial score (nSPS) is 13.4. The predicted octanol–water partition coefficient (Wildman–Crippen LogP) is 5.34. The number of aryl methyl sites for hydroxylation is 1. The van der Waals surface area contributed by atoms with Crippen LogP contribution in [0.25, 0.3) is 21.8 Å². The number of benzene rings is 2. The van der Waals surface area contributed by atoms with Crippen LogP contribution in [-0.4, -0.2) is 54.3 Å². The van der Waals surface area contributed by atoms with E-state index >= 15 is 0 Å². The number of thiazole rings is 1. The van der Waals surface area contributed by atoms with Crippen LogP contribution in [0.15, 0.2) is 54.7 Å². The lowest BCUT2D eigenvalue weighted by Gasteiger charge is -2.29. The molecule has 37 heavy (non-hydrogen) atoms. The Morgan fingerprint density at radius 1 is 1.16 bits per heavy atom. The standard InChI is InChI=1S/C27H26FN5O3S/c1-3-23-32-24(17-5-4-6-18(15-17)26(34)35-2)25(37-23)21-9-10-29-27(31-21)30-19-7-8-22(20(28)16-19)33-11-13-36-14-12-33/h4-10,15-16H,3,11-14H2,1-2H3,(H,29,30,31). The minimum Gasteiger partial charge on any atom is -0.465 e. The molecule has 0 amide bonds. The van der Waals surface area contributed by atoms with E-state index in [0.29, 0.717) is 54.9 Å². The van der Waals surface area contributed by atoms with Gasteiger partial charge in [0.2, 0.25) is 5.95 Å². The van der Waals surface area contributed by atoms with Crippen LogP contribution in [0.2, 0.25) is 0 Å². The SMILES string of the molecule is CCc1nc(-c2cccc(C(=O)OC)c2)c(-c2ccnc(Nc3ccc(N4CCOCC4)c(F)c3)n2)s1. The van der Waals surface area contributed by atoms with Crippen molar-refractivity contribution in [3.05, 3.63) is 71.1 Å². The van der Waals surface area contributed by atoms with E-state index in [4.69, 9.17) is 19.4 Å². The average Bonchev–Trinajstić information content (AvgIpc) is 3.38. The van der Waals surface area contributed by atoms with Gasteiger partial charge in [-0.3, -0.25) is 0 Å². The fourth-order valence-electron chi connectivity index (χ4n) is 4.12. The van der Waals surface area contributed by atoms with Crippen molar-refractivity contribution in [1.82, 2.24) is 15.0 Å². The number of carbonyl (C=O) groups is 1. The monoisotopic (exact) mass is 519 g/mol. The Hall–Kier alpha value is -3.89. The number of methoxy groups -OCH3 is 1. The lowest BCUT2D eigenvalue weighted by Crippen LogP contribution is -2.36. The highest BCUT2D eigenvalue weighted by atomic mass is 32.1. The van der Waals surface area contributed by atoms with Gasteiger partial charge in [-0.05, 0) is 42.8 Å². The first-order valence-electron chi connectivity index (χ1n) is 12.0. The van der Waals surface area contributed by atoms with Crippen molar-refractivity contribution in [3.8, 4) is 21.8 Å². The van der Waals surface area contributed by atoms with Crippen LogP contribution in [0.1, 0.15) is 22.3 Å². The number of halogens is 1. The Labute approximate surface area is 218 Å². The summed E-state index contributed by atoms with van der Waals surface area (Å²) in [6.45, 7) is 4.54. The summed E-state index contributed by atoms with van der Waals surface area (Å²) in [5.41, 5.74) is 3.76. The second-order valence-electron chi connectivity index (χ2n) is 8.37. The number of anilines is 3. The maximum atomic E-state index is 14.9. The number of hydrogen-bond donors (Lipinski definition) is 1. The number of carbonyl (C=O) groups excluding carboxylic acids is 1. The van der Waals surface area contributed by atoms with E-state index in [1.165, 1.54) is 13.2 Å². The Morgan fingerprint density at radius 3 is 2.76 bits per heavy atom. The smallest absolute Gasteiger partial charge is 0.337 e. The van der Waals surface area contributed by atoms with Crippen molar-refractivity contribution in [2.24, 2.45) is 0 Å². The summed E-state index contributed by atoms with van der Waals surface area (Å²) < 4.78 is 25.1. The van der Waals surface area contributed by atoms with Gasteiger partial charge in [0.15, 0.2) is 0 Å². The van der Waals surface area contributed by atoms with Crippen LogP contribution in [0, 0.1) is 5.82 Å². The van der Waals surface area contributed by atoms with E-state index in [-0.39, 0.29) is 5.82 Å². The molecule has 0 spiro atoms. The van der Waals surface area contributed by atoms with Gasteiger partial charge in [-0.15, -0.1) is 11.3 Å². The summed E-state index contributed by atoms with van der Waals surface area (Å²) in [5.74, 6) is -0.377. The Balaban J connectivity index is 1.43. The molecule has 5 rings (SSSR count). The molecule has 1 saturated heterocycles. The van der Waals surface area contributed by atoms with Crippen LogP contribution >= 0.6 is 11.3 Å². The van der Waals surface area contributed by atoms with Gasteiger partial charge in [0.1, 0.15) is 5.82 Å². The maximum absolute atomic E-state index is 14.9. The van der Waals surface area contributed by atoms with Crippen molar-refractivity contribution in [1.29, 1.82) is 0 Å². The third-order valence-corrected chi connectivity index (χ3v) is 7.20. The van der Waals surface area contributed by atoms with Crippen LogP contribution in [-0.2, 0) is 15.9 Å². The highest BCUT2D eigenvalue weighted by Crippen LogP contribution is 2.37. The molecule has 2 aromatic heterocycles. The largest absolute Gasteiger partial charge is 0.465 e. The predicted molar refractivity (Wildman–Crippen MR) is 142 cm³/mol. The van der Waals surface area contributed by atoms with E-state index in [2.05, 4.69) is 10.3 Å². The third kappa shape index (κ3) is 5.45. The Kier molecular flexibility index (Phi) is 7.38. The summed E-state index contributed by atoms with van der Waals surface area (Å²) in [6, 6.07) is 14.0. The first-order chi connectivity index (χ1) is 18.1. The molecular formula is C27H26FN5O3S. The molecule has 2 aromatic carbocycles. The van der Waals surface area contributed by atoms with Gasteiger partial charge in [0, 0.05) is 30.5 Å². The van der Waals surface area contributed by atoms with E-state index < -0.39 is 5.97 Å². The van der Waals surface area contributed by atoms with Crippen molar-refractivity contribution >= 4 is 34.6 Å². The molecule has 190 valence electrons. The summed E-state index contributed by atoms with van der Waals surface area (Å²) >= 11 is 1.54. The highest BCUT2D eigenvalue weighted by molar-refractivity contribution is 7.15. The molecule has 0 unspecified atom stereocenters. The molecule has 0 saturated carbocycles. The Morgan fingerprint density at radius 2 is 2.00 bits per heavy atom. The molecule has 0 bridgehead atoms. The summed E-state index contributed by atoms with van der Waals surface area (Å²) in [7, 11) is 1.36. The zero-order chi connectivity index (χ0) is 25.8. The topological polar surface area (TPSA) is 89.5 Å². The summed E-state index contributed by atoms with van der Waals surface area (Å²) in [5, 5.41) is 4.06. The number of aromatic nitrogens is 3. The molecular weight excluding hydrogens is 493 g/mol. The summed E-state index contributed by atoms with van der Waals surface area (Å²) in [6.07, 6.45) is 2.42. The summed E-state index contributed by atoms with van der Waals surface area (Å²) in [4.78, 5) is 28.7. The molecule has 4 aromatic rings. The molecule has 0 aliphatic carbocycles. The molecule has 1 N–H and O–H groups in total. The third-order valence-electron chi connectivity index (χ3n) is 5.97. The van der Waals surface area contributed by atoms with E-state index in [1.54, 1.807) is 41.8 Å². The van der Waals surface area contributed by atoms with Crippen LogP contribution < -0.4 is 10.2 Å². The molecule has 0 atom stereocenters. The second-order valence-corrected chi connectivity index (χ2v) is 9.45. The molecule has 1 aliphatic heterocycles. The second kappa shape index (κ2) is 11.0. The Bertz CT molecular complexity index is 1420. The molecule has 1 aliphatic rings. The quantitative estimate of drug-likeness (QED) is 0.328. The van der Waals surface area contributed by atoms with Gasteiger partial charge in [-0.2, -0.15) is 0 Å². The maximum Gasteiger partial charge on any atom is 0.337 e. The lowest BCUT2D eigenvalue weighted by molar-refractivity contribution is 0.0600. The lowest BCUT2D eigenvalue weighted by atomic mass is 10.1. The molecule has 3 heterocycles. The number of esters is 1. The first kappa shape index (κ1) is 24.8. The molecule has 10 heteroatoms. The van der Waals surface area contributed by atoms with Gasteiger partial charge in [-0.1, -0.05) is 19.1 Å². The van der Waals surface area contributed by atoms with Crippen molar-refractivity contribution < 1.29 is 18.7 Å². The van der Waals surface area contributed by atoms with Gasteiger partial charge in [0.25, 0.3) is 0 Å². The number of nitrogens with one attached hydrogen (secondary N) is 1. The number of ether oxygens (including phenoxy) is 2. The molecule has 1 fully saturated rings. The average molecular weight is 520 g/mol. The van der Waals surface area contributed by atoms with Crippen molar-refractivity contribution in [2.45, 2.75) is 13.3 Å². The zero-order valence-corrected chi connectivity index (χ0v) is 21.3. The van der Waals surface area contributed by atoms with E-state index in [1.807, 2.05) is 30.0 Å². The van der Waals surface area contributed by atoms with Gasteiger partial charge in [0.05, 0.1) is 52.8 Å². The molecule has 0 radical (unpaired) electrons. The number of hydrogen-bond acceptors (Lipinski definition) is 9. The molecule has 8 nitrogen and oxygen atoms in total. The van der Waals surface area contributed by atoms with Crippen molar-refractivity contribution in [2.75, 3.05) is 43.6 Å². The fourth-order valence-corrected chi connectivity index (χ4v) is 5.11. The van der Waals surface area contributed by atoms with Gasteiger partial charge < -0.3 is 19.7 Å². The van der Waals surface area contributed by atoms with Crippen LogP contribution in [0.4, 0.5) is 21.7 Å². The van der Waals surface area contributed by atoms with Gasteiger partial charge in [-0.25, -0.2) is 24.1 Å². The van der Waals surface area contributed by atoms with Gasteiger partial charge >= 0.3 is 5.97 Å². The highest BCUT2D eigenvalue weighted by Gasteiger charge is 2.19. The zero-order valence-electron chi connectivity index (χ0n) is 20.5.